The normalized spacial score (nSPS) is 11.2. The maximum atomic E-state index is 11.1. The fourth-order valence-electron chi connectivity index (χ4n) is 3.05. The fourth-order valence-corrected chi connectivity index (χ4v) is 3.05. The summed E-state index contributed by atoms with van der Waals surface area (Å²) in [6, 6.07) is 13.5. The maximum Gasteiger partial charge on any atom is 0.371 e. The van der Waals surface area contributed by atoms with Crippen molar-refractivity contribution in [2.45, 2.75) is 6.54 Å². The van der Waals surface area contributed by atoms with Crippen LogP contribution in [0.1, 0.15) is 21.9 Å². The zero-order valence-corrected chi connectivity index (χ0v) is 15.4. The minimum Gasteiger partial charge on any atom is -0.475 e. The quantitative estimate of drug-likeness (QED) is 0.272. The molecule has 0 saturated carbocycles. The Kier molecular flexibility index (Phi) is 4.95. The summed E-state index contributed by atoms with van der Waals surface area (Å²) in [5.41, 5.74) is 4.09. The summed E-state index contributed by atoms with van der Waals surface area (Å²) in [4.78, 5) is 25.5. The average Bonchev–Trinajstić information content (AvgIpc) is 3.34. The molecular weight excluding hydrogens is 390 g/mol. The molecule has 30 heavy (non-hydrogen) atoms. The number of hydrogen-bond acceptors (Lipinski definition) is 7. The Bertz CT molecular complexity index is 1270. The van der Waals surface area contributed by atoms with E-state index in [-0.39, 0.29) is 17.3 Å². The lowest BCUT2D eigenvalue weighted by Crippen LogP contribution is -1.99. The molecule has 4 rings (SSSR count). The van der Waals surface area contributed by atoms with Crippen LogP contribution in [-0.2, 0) is 6.54 Å². The number of aromatic nitrogens is 2. The zero-order valence-electron chi connectivity index (χ0n) is 15.4. The Morgan fingerprint density at radius 1 is 1.27 bits per heavy atom. The third kappa shape index (κ3) is 3.74. The molecule has 0 radical (unpaired) electrons. The molecule has 0 aliphatic rings. The van der Waals surface area contributed by atoms with Crippen LogP contribution in [0.25, 0.3) is 10.9 Å². The lowest BCUT2D eigenvalue weighted by molar-refractivity contribution is -0.384. The van der Waals surface area contributed by atoms with Crippen LogP contribution in [0.15, 0.2) is 70.4 Å². The van der Waals surface area contributed by atoms with Gasteiger partial charge in [-0.25, -0.2) is 9.78 Å². The van der Waals surface area contributed by atoms with Crippen LogP contribution in [0, 0.1) is 10.1 Å². The third-order valence-electron chi connectivity index (χ3n) is 4.38. The molecule has 150 valence electrons. The molecule has 0 aliphatic heterocycles. The number of fused-ring (bicyclic) bond motifs is 1. The zero-order chi connectivity index (χ0) is 21.1. The van der Waals surface area contributed by atoms with Crippen molar-refractivity contribution in [3.63, 3.8) is 0 Å². The number of pyridine rings is 1. The molecule has 3 aromatic heterocycles. The highest BCUT2D eigenvalue weighted by Crippen LogP contribution is 2.23. The van der Waals surface area contributed by atoms with Crippen LogP contribution >= 0.6 is 0 Å². The first-order valence-corrected chi connectivity index (χ1v) is 8.81. The standard InChI is InChI=1S/C20H15N5O5/c26-20(27)18-8-7-14(30-18)12-24-11-13(15-4-1-2-5-16(15)24)10-22-23-19-17(25(28)29)6-3-9-21-19/h1-11H,12H2,(H,21,23)(H,26,27). The molecule has 0 amide bonds. The van der Waals surface area contributed by atoms with Gasteiger partial charge < -0.3 is 14.1 Å². The van der Waals surface area contributed by atoms with Gasteiger partial charge in [-0.15, -0.1) is 0 Å². The van der Waals surface area contributed by atoms with Crippen LogP contribution in [-0.4, -0.2) is 31.8 Å². The number of hydrazone groups is 1. The van der Waals surface area contributed by atoms with Gasteiger partial charge in [-0.1, -0.05) is 18.2 Å². The third-order valence-corrected chi connectivity index (χ3v) is 4.38. The molecule has 0 spiro atoms. The molecule has 0 unspecified atom stereocenters. The van der Waals surface area contributed by atoms with Crippen molar-refractivity contribution in [1.82, 2.24) is 9.55 Å². The maximum absolute atomic E-state index is 11.1. The van der Waals surface area contributed by atoms with Gasteiger partial charge in [0.1, 0.15) is 5.76 Å². The van der Waals surface area contributed by atoms with E-state index in [1.165, 1.54) is 24.4 Å². The number of nitro groups is 1. The fraction of sp³-hybridized carbons (Fsp3) is 0.0500. The number of anilines is 1. The van der Waals surface area contributed by atoms with Crippen molar-refractivity contribution in [3.8, 4) is 0 Å². The second-order valence-electron chi connectivity index (χ2n) is 6.30. The SMILES string of the molecule is O=C(O)c1ccc(Cn2cc(C=NNc3ncccc3[N+](=O)[O-])c3ccccc32)o1. The van der Waals surface area contributed by atoms with Gasteiger partial charge >= 0.3 is 11.7 Å². The predicted octanol–water partition coefficient (Wildman–Crippen LogP) is 3.73. The van der Waals surface area contributed by atoms with E-state index in [9.17, 15) is 14.9 Å². The summed E-state index contributed by atoms with van der Waals surface area (Å²) in [5, 5.41) is 25.1. The van der Waals surface area contributed by atoms with E-state index in [0.717, 1.165) is 16.5 Å². The van der Waals surface area contributed by atoms with Gasteiger partial charge in [0, 0.05) is 34.9 Å². The van der Waals surface area contributed by atoms with Crippen LogP contribution in [0.5, 0.6) is 0 Å². The molecule has 1 aromatic carbocycles. The number of nitrogens with one attached hydrogen (secondary N) is 1. The van der Waals surface area contributed by atoms with Gasteiger partial charge in [0.15, 0.2) is 0 Å². The molecule has 4 aromatic rings. The average molecular weight is 405 g/mol. The molecule has 10 heteroatoms. The topological polar surface area (TPSA) is 136 Å². The van der Waals surface area contributed by atoms with Gasteiger partial charge in [0.2, 0.25) is 11.6 Å². The number of carbonyl (C=O) groups is 1. The largest absolute Gasteiger partial charge is 0.475 e. The number of carboxylic acid groups (broad SMARTS) is 1. The summed E-state index contributed by atoms with van der Waals surface area (Å²) in [5.74, 6) is -0.705. The Hall–Kier alpha value is -4.47. The van der Waals surface area contributed by atoms with Crippen LogP contribution in [0.2, 0.25) is 0 Å². The number of benzene rings is 1. The van der Waals surface area contributed by atoms with Crippen molar-refractivity contribution in [2.24, 2.45) is 5.10 Å². The molecule has 10 nitrogen and oxygen atoms in total. The van der Waals surface area contributed by atoms with Crippen molar-refractivity contribution >= 4 is 34.6 Å². The minimum absolute atomic E-state index is 0.0410. The van der Waals surface area contributed by atoms with Crippen LogP contribution in [0.4, 0.5) is 11.5 Å². The first-order chi connectivity index (χ1) is 14.5. The lowest BCUT2D eigenvalue weighted by atomic mass is 10.2. The second kappa shape index (κ2) is 7.87. The summed E-state index contributed by atoms with van der Waals surface area (Å²) < 4.78 is 7.25. The Morgan fingerprint density at radius 2 is 2.10 bits per heavy atom. The van der Waals surface area contributed by atoms with E-state index in [1.807, 2.05) is 35.0 Å². The highest BCUT2D eigenvalue weighted by Gasteiger charge is 2.14. The first kappa shape index (κ1) is 18.9. The van der Waals surface area contributed by atoms with Crippen molar-refractivity contribution in [2.75, 3.05) is 5.43 Å². The van der Waals surface area contributed by atoms with Gasteiger partial charge in [-0.05, 0) is 24.3 Å². The summed E-state index contributed by atoms with van der Waals surface area (Å²) in [6.07, 6.45) is 4.82. The van der Waals surface area contributed by atoms with Gasteiger partial charge in [-0.3, -0.25) is 15.5 Å². The van der Waals surface area contributed by atoms with Crippen molar-refractivity contribution in [1.29, 1.82) is 0 Å². The molecule has 0 fully saturated rings. The van der Waals surface area contributed by atoms with E-state index >= 15 is 0 Å². The summed E-state index contributed by atoms with van der Waals surface area (Å²) in [7, 11) is 0. The second-order valence-corrected chi connectivity index (χ2v) is 6.30. The van der Waals surface area contributed by atoms with E-state index < -0.39 is 10.9 Å². The highest BCUT2D eigenvalue weighted by molar-refractivity contribution is 5.99. The number of furan rings is 1. The Labute approximate surface area is 169 Å². The molecule has 2 N–H and O–H groups in total. The molecule has 3 heterocycles. The molecule has 0 atom stereocenters. The summed E-state index contributed by atoms with van der Waals surface area (Å²) in [6.45, 7) is 0.334. The first-order valence-electron chi connectivity index (χ1n) is 8.81. The number of carboxylic acids is 1. The van der Waals surface area contributed by atoms with Gasteiger partial charge in [-0.2, -0.15) is 5.10 Å². The van der Waals surface area contributed by atoms with E-state index in [1.54, 1.807) is 12.3 Å². The molecule has 0 aliphatic carbocycles. The van der Waals surface area contributed by atoms with Crippen LogP contribution < -0.4 is 5.43 Å². The van der Waals surface area contributed by atoms with Crippen molar-refractivity contribution < 1.29 is 19.2 Å². The van der Waals surface area contributed by atoms with E-state index in [4.69, 9.17) is 9.52 Å². The minimum atomic E-state index is -1.12. The number of nitrogens with zero attached hydrogens (tertiary/aromatic N) is 4. The molecular formula is C20H15N5O5. The number of hydrogen-bond donors (Lipinski definition) is 2. The van der Waals surface area contributed by atoms with E-state index in [0.29, 0.717) is 12.3 Å². The van der Waals surface area contributed by atoms with Crippen LogP contribution in [0.3, 0.4) is 0 Å². The molecule has 0 saturated heterocycles. The number of para-hydroxylation sites is 1. The van der Waals surface area contributed by atoms with Gasteiger partial charge in [0.05, 0.1) is 17.7 Å². The number of rotatable bonds is 7. The van der Waals surface area contributed by atoms with E-state index in [2.05, 4.69) is 15.5 Å². The monoisotopic (exact) mass is 405 g/mol. The Morgan fingerprint density at radius 3 is 2.87 bits per heavy atom. The van der Waals surface area contributed by atoms with Crippen molar-refractivity contribution in [3.05, 3.63) is 88.1 Å². The lowest BCUT2D eigenvalue weighted by Gasteiger charge is -2.02. The number of aromatic carboxylic acids is 1. The Balaban J connectivity index is 1.61. The van der Waals surface area contributed by atoms with Gasteiger partial charge in [0.25, 0.3) is 0 Å². The predicted molar refractivity (Wildman–Crippen MR) is 109 cm³/mol. The summed E-state index contributed by atoms with van der Waals surface area (Å²) >= 11 is 0. The molecule has 0 bridgehead atoms. The smallest absolute Gasteiger partial charge is 0.371 e. The highest BCUT2D eigenvalue weighted by atomic mass is 16.6.